The molecule has 0 aromatic heterocycles. The van der Waals surface area contributed by atoms with E-state index in [9.17, 15) is 9.18 Å². The number of carbonyl (C=O) groups is 1. The Morgan fingerprint density at radius 1 is 1.27 bits per heavy atom. The van der Waals surface area contributed by atoms with Crippen LogP contribution in [0.1, 0.15) is 29.2 Å². The molecule has 1 atom stereocenters. The monoisotopic (exact) mass is 352 g/mol. The second kappa shape index (κ2) is 8.39. The van der Waals surface area contributed by atoms with Gasteiger partial charge in [0.15, 0.2) is 0 Å². The van der Waals surface area contributed by atoms with Crippen LogP contribution >= 0.6 is 0 Å². The molecule has 1 aliphatic rings. The fraction of sp³-hybridized carbons (Fsp3) is 0.286. The normalized spacial score (nSPS) is 15.0. The molecule has 5 heteroatoms. The van der Waals surface area contributed by atoms with Crippen LogP contribution in [0.3, 0.4) is 0 Å². The number of hydrogen-bond acceptors (Lipinski definition) is 2. The first kappa shape index (κ1) is 17.8. The molecule has 4 nitrogen and oxygen atoms in total. The average molecular weight is 352 g/mol. The molecule has 0 fully saturated rings. The molecule has 2 aromatic rings. The van der Waals surface area contributed by atoms with Gasteiger partial charge in [-0.15, -0.1) is 6.42 Å². The van der Waals surface area contributed by atoms with Gasteiger partial charge >= 0.3 is 6.03 Å². The molecule has 3 rings (SSSR count). The minimum Gasteiger partial charge on any atom is -0.481 e. The zero-order valence-electron chi connectivity index (χ0n) is 14.4. The van der Waals surface area contributed by atoms with Crippen molar-refractivity contribution in [2.24, 2.45) is 0 Å². The summed E-state index contributed by atoms with van der Waals surface area (Å²) < 4.78 is 19.1. The van der Waals surface area contributed by atoms with Crippen molar-refractivity contribution in [1.82, 2.24) is 10.6 Å². The van der Waals surface area contributed by atoms with Crippen molar-refractivity contribution in [3.63, 3.8) is 0 Å². The number of amides is 2. The van der Waals surface area contributed by atoms with Crippen LogP contribution < -0.4 is 15.4 Å². The molecule has 0 saturated carbocycles. The summed E-state index contributed by atoms with van der Waals surface area (Å²) in [6.07, 6.45) is 7.24. The summed E-state index contributed by atoms with van der Waals surface area (Å²) in [5.41, 5.74) is 2.68. The Balaban J connectivity index is 1.44. The molecule has 2 N–H and O–H groups in total. The van der Waals surface area contributed by atoms with Gasteiger partial charge in [-0.05, 0) is 54.2 Å². The summed E-state index contributed by atoms with van der Waals surface area (Å²) in [6.45, 7) is 0.758. The Kier molecular flexibility index (Phi) is 5.75. The maximum Gasteiger partial charge on any atom is 0.315 e. The van der Waals surface area contributed by atoms with Gasteiger partial charge < -0.3 is 15.4 Å². The number of hydrogen-bond donors (Lipinski definition) is 2. The topological polar surface area (TPSA) is 50.4 Å². The van der Waals surface area contributed by atoms with E-state index in [1.807, 2.05) is 30.3 Å². The van der Waals surface area contributed by atoms with E-state index < -0.39 is 0 Å². The zero-order chi connectivity index (χ0) is 18.4. The lowest BCUT2D eigenvalue weighted by Crippen LogP contribution is -2.38. The van der Waals surface area contributed by atoms with Gasteiger partial charge in [0.2, 0.25) is 0 Å². The number of rotatable bonds is 6. The summed E-state index contributed by atoms with van der Waals surface area (Å²) in [5.74, 6) is 2.95. The molecule has 2 amide bonds. The van der Waals surface area contributed by atoms with E-state index in [0.29, 0.717) is 24.9 Å². The van der Waals surface area contributed by atoms with Crippen LogP contribution in [-0.2, 0) is 12.8 Å². The number of carbonyl (C=O) groups excluding carboxylic acids is 1. The molecule has 0 bridgehead atoms. The summed E-state index contributed by atoms with van der Waals surface area (Å²) in [7, 11) is 0. The molecule has 26 heavy (non-hydrogen) atoms. The maximum atomic E-state index is 13.7. The van der Waals surface area contributed by atoms with Gasteiger partial charge in [0.25, 0.3) is 0 Å². The van der Waals surface area contributed by atoms with Crippen LogP contribution in [0.4, 0.5) is 9.18 Å². The number of ether oxygens (including phenoxy) is 1. The van der Waals surface area contributed by atoms with Gasteiger partial charge in [-0.1, -0.05) is 30.2 Å². The number of halogens is 1. The van der Waals surface area contributed by atoms with Crippen molar-refractivity contribution in [1.29, 1.82) is 0 Å². The lowest BCUT2D eigenvalue weighted by molar-refractivity contribution is 0.237. The van der Waals surface area contributed by atoms with E-state index in [4.69, 9.17) is 11.2 Å². The molecular weight excluding hydrogens is 331 g/mol. The first-order valence-electron chi connectivity index (χ1n) is 8.64. The quantitative estimate of drug-likeness (QED) is 0.783. The van der Waals surface area contributed by atoms with Crippen LogP contribution in [0, 0.1) is 18.2 Å². The Morgan fingerprint density at radius 3 is 2.85 bits per heavy atom. The Hall–Kier alpha value is -3.00. The van der Waals surface area contributed by atoms with Gasteiger partial charge in [-0.2, -0.15) is 0 Å². The van der Waals surface area contributed by atoms with Gasteiger partial charge in [0.05, 0.1) is 6.04 Å². The highest BCUT2D eigenvalue weighted by Crippen LogP contribution is 2.32. The molecule has 0 heterocycles. The first-order valence-corrected chi connectivity index (χ1v) is 8.64. The van der Waals surface area contributed by atoms with E-state index in [-0.39, 0.29) is 24.5 Å². The second-order valence-electron chi connectivity index (χ2n) is 6.19. The molecule has 2 aromatic carbocycles. The minimum absolute atomic E-state index is 0.131. The minimum atomic E-state index is -0.235. The van der Waals surface area contributed by atoms with Crippen molar-refractivity contribution in [2.45, 2.75) is 25.3 Å². The molecule has 0 spiro atoms. The zero-order valence-corrected chi connectivity index (χ0v) is 14.4. The van der Waals surface area contributed by atoms with E-state index >= 15 is 0 Å². The van der Waals surface area contributed by atoms with Crippen LogP contribution in [0.15, 0.2) is 42.5 Å². The molecule has 0 saturated heterocycles. The number of terminal acetylenes is 1. The van der Waals surface area contributed by atoms with Crippen molar-refractivity contribution in [3.05, 3.63) is 65.0 Å². The molecular formula is C21H21FN2O2. The van der Waals surface area contributed by atoms with E-state index in [1.54, 1.807) is 6.07 Å². The van der Waals surface area contributed by atoms with Crippen LogP contribution in [0.2, 0.25) is 0 Å². The van der Waals surface area contributed by atoms with Gasteiger partial charge in [0.1, 0.15) is 18.2 Å². The highest BCUT2D eigenvalue weighted by atomic mass is 19.1. The molecule has 1 unspecified atom stereocenters. The Labute approximate surface area is 152 Å². The number of nitrogens with one attached hydrogen (secondary N) is 2. The third-order valence-electron chi connectivity index (χ3n) is 4.46. The smallest absolute Gasteiger partial charge is 0.315 e. The number of fused-ring (bicyclic) bond motifs is 1. The summed E-state index contributed by atoms with van der Waals surface area (Å²) in [6, 6.07) is 12.3. The average Bonchev–Trinajstić information content (AvgIpc) is 3.05. The van der Waals surface area contributed by atoms with Crippen molar-refractivity contribution >= 4 is 6.03 Å². The number of benzene rings is 2. The van der Waals surface area contributed by atoms with E-state index in [0.717, 1.165) is 23.3 Å². The SMILES string of the molecule is C#CCOc1ccc(CCNC(=O)NC2CCc3c(F)cccc32)cc1. The standard InChI is InChI=1S/C21H21FN2O2/c1-2-14-26-16-8-6-15(7-9-16)12-13-23-21(25)24-20-11-10-17-18(20)4-3-5-19(17)22/h1,3-9,20H,10-14H2,(H2,23,24,25). The van der Waals surface area contributed by atoms with Crippen LogP contribution in [0.25, 0.3) is 0 Å². The van der Waals surface area contributed by atoms with Crippen LogP contribution in [-0.4, -0.2) is 19.2 Å². The van der Waals surface area contributed by atoms with E-state index in [1.165, 1.54) is 6.07 Å². The molecule has 0 radical (unpaired) electrons. The molecule has 1 aliphatic carbocycles. The fourth-order valence-electron chi connectivity index (χ4n) is 3.17. The predicted molar refractivity (Wildman–Crippen MR) is 98.5 cm³/mol. The Bertz CT molecular complexity index is 812. The second-order valence-corrected chi connectivity index (χ2v) is 6.19. The van der Waals surface area contributed by atoms with Crippen molar-refractivity contribution < 1.29 is 13.9 Å². The molecule has 134 valence electrons. The predicted octanol–water partition coefficient (Wildman–Crippen LogP) is 3.37. The number of urea groups is 1. The van der Waals surface area contributed by atoms with Crippen molar-refractivity contribution in [2.75, 3.05) is 13.2 Å². The van der Waals surface area contributed by atoms with Crippen molar-refractivity contribution in [3.8, 4) is 18.1 Å². The third kappa shape index (κ3) is 4.34. The lowest BCUT2D eigenvalue weighted by Gasteiger charge is -2.15. The highest BCUT2D eigenvalue weighted by Gasteiger charge is 2.25. The maximum absolute atomic E-state index is 13.7. The largest absolute Gasteiger partial charge is 0.481 e. The summed E-state index contributed by atoms with van der Waals surface area (Å²) in [4.78, 5) is 12.1. The van der Waals surface area contributed by atoms with Crippen LogP contribution in [0.5, 0.6) is 5.75 Å². The third-order valence-corrected chi connectivity index (χ3v) is 4.46. The summed E-state index contributed by atoms with van der Waals surface area (Å²) >= 11 is 0. The Morgan fingerprint density at radius 2 is 2.08 bits per heavy atom. The lowest BCUT2D eigenvalue weighted by atomic mass is 10.1. The fourth-order valence-corrected chi connectivity index (χ4v) is 3.17. The first-order chi connectivity index (χ1) is 12.7. The van der Waals surface area contributed by atoms with Gasteiger partial charge in [-0.25, -0.2) is 9.18 Å². The highest BCUT2D eigenvalue weighted by molar-refractivity contribution is 5.74. The summed E-state index contributed by atoms with van der Waals surface area (Å²) in [5, 5.41) is 5.78. The van der Waals surface area contributed by atoms with Gasteiger partial charge in [0, 0.05) is 6.54 Å². The molecule has 0 aliphatic heterocycles. The van der Waals surface area contributed by atoms with E-state index in [2.05, 4.69) is 16.6 Å². The van der Waals surface area contributed by atoms with Gasteiger partial charge in [-0.3, -0.25) is 0 Å².